The van der Waals surface area contributed by atoms with Gasteiger partial charge in [0, 0.05) is 19.3 Å². The molecule has 0 aromatic carbocycles. The maximum absolute atomic E-state index is 12.9. The van der Waals surface area contributed by atoms with Gasteiger partial charge in [0.15, 0.2) is 6.10 Å². The van der Waals surface area contributed by atoms with E-state index in [1.807, 2.05) is 0 Å². The minimum absolute atomic E-state index is 0.0885. The van der Waals surface area contributed by atoms with Gasteiger partial charge in [-0.05, 0) is 122 Å². The van der Waals surface area contributed by atoms with Crippen molar-refractivity contribution >= 4 is 17.9 Å². The van der Waals surface area contributed by atoms with Crippen LogP contribution in [0.15, 0.2) is 109 Å². The van der Waals surface area contributed by atoms with Crippen LogP contribution in [0.1, 0.15) is 297 Å². The van der Waals surface area contributed by atoms with Crippen LogP contribution in [0.4, 0.5) is 0 Å². The molecule has 6 nitrogen and oxygen atoms in total. The number of ether oxygens (including phenoxy) is 3. The quantitative estimate of drug-likeness (QED) is 0.0261. The van der Waals surface area contributed by atoms with E-state index in [2.05, 4.69) is 130 Å². The summed E-state index contributed by atoms with van der Waals surface area (Å²) in [7, 11) is 0. The van der Waals surface area contributed by atoms with Crippen molar-refractivity contribution in [2.75, 3.05) is 13.2 Å². The fourth-order valence-electron chi connectivity index (χ4n) is 8.77. The molecule has 0 spiro atoms. The zero-order valence-corrected chi connectivity index (χ0v) is 49.7. The summed E-state index contributed by atoms with van der Waals surface area (Å²) in [5.74, 6) is -0.910. The number of unbranched alkanes of at least 4 members (excludes halogenated alkanes) is 28. The number of rotatable bonds is 57. The van der Waals surface area contributed by atoms with Gasteiger partial charge in [-0.1, -0.05) is 265 Å². The Morgan fingerprint density at radius 3 is 0.816 bits per heavy atom. The maximum atomic E-state index is 12.9. The number of allylic oxidation sites excluding steroid dienone is 18. The third-order valence-electron chi connectivity index (χ3n) is 13.5. The van der Waals surface area contributed by atoms with Crippen LogP contribution in [0, 0.1) is 0 Å². The molecule has 0 aliphatic heterocycles. The predicted octanol–water partition coefficient (Wildman–Crippen LogP) is 21.8. The highest BCUT2D eigenvalue weighted by molar-refractivity contribution is 5.71. The van der Waals surface area contributed by atoms with Crippen molar-refractivity contribution in [1.82, 2.24) is 0 Å². The lowest BCUT2D eigenvalue weighted by atomic mass is 10.0. The minimum atomic E-state index is -0.793. The highest BCUT2D eigenvalue weighted by Crippen LogP contribution is 2.16. The Balaban J connectivity index is 4.33. The molecule has 0 radical (unpaired) electrons. The Kier molecular flexibility index (Phi) is 60.3. The highest BCUT2D eigenvalue weighted by Gasteiger charge is 2.19. The van der Waals surface area contributed by atoms with Gasteiger partial charge in [0.2, 0.25) is 0 Å². The first kappa shape index (κ1) is 72.1. The van der Waals surface area contributed by atoms with Gasteiger partial charge in [0.05, 0.1) is 0 Å². The average molecular weight is 1060 g/mol. The van der Waals surface area contributed by atoms with Crippen LogP contribution < -0.4 is 0 Å². The van der Waals surface area contributed by atoms with Crippen LogP contribution in [0.2, 0.25) is 0 Å². The van der Waals surface area contributed by atoms with E-state index in [0.29, 0.717) is 19.3 Å². The second-order valence-electron chi connectivity index (χ2n) is 20.9. The van der Waals surface area contributed by atoms with E-state index in [0.717, 1.165) is 141 Å². The Hall–Kier alpha value is -3.93. The fraction of sp³-hybridized carbons (Fsp3) is 0.700. The Morgan fingerprint density at radius 2 is 0.513 bits per heavy atom. The lowest BCUT2D eigenvalue weighted by molar-refractivity contribution is -0.167. The molecule has 0 fully saturated rings. The van der Waals surface area contributed by atoms with Gasteiger partial charge in [-0.3, -0.25) is 14.4 Å². The molecular formula is C70H118O6. The van der Waals surface area contributed by atoms with E-state index < -0.39 is 6.10 Å². The summed E-state index contributed by atoms with van der Waals surface area (Å²) in [6.07, 6.45) is 86.6. The van der Waals surface area contributed by atoms with Crippen LogP contribution in [0.25, 0.3) is 0 Å². The fourth-order valence-corrected chi connectivity index (χ4v) is 8.77. The van der Waals surface area contributed by atoms with Crippen molar-refractivity contribution in [3.63, 3.8) is 0 Å². The summed E-state index contributed by atoms with van der Waals surface area (Å²) in [5.41, 5.74) is 0. The van der Waals surface area contributed by atoms with Gasteiger partial charge < -0.3 is 14.2 Å². The van der Waals surface area contributed by atoms with Crippen molar-refractivity contribution in [2.24, 2.45) is 0 Å². The van der Waals surface area contributed by atoms with E-state index >= 15 is 0 Å². The van der Waals surface area contributed by atoms with Crippen molar-refractivity contribution in [2.45, 2.75) is 303 Å². The van der Waals surface area contributed by atoms with Gasteiger partial charge in [-0.25, -0.2) is 0 Å². The Bertz CT molecular complexity index is 1540. The van der Waals surface area contributed by atoms with Crippen LogP contribution in [0.5, 0.6) is 0 Å². The second kappa shape index (κ2) is 63.6. The molecule has 0 saturated carbocycles. The van der Waals surface area contributed by atoms with Crippen LogP contribution in [-0.2, 0) is 28.6 Å². The molecule has 0 amide bonds. The Labute approximate surface area is 470 Å². The first-order valence-electron chi connectivity index (χ1n) is 31.9. The summed E-state index contributed by atoms with van der Waals surface area (Å²) in [4.78, 5) is 38.3. The lowest BCUT2D eigenvalue weighted by Gasteiger charge is -2.18. The van der Waals surface area contributed by atoms with E-state index in [9.17, 15) is 14.4 Å². The molecule has 1 unspecified atom stereocenters. The summed E-state index contributed by atoms with van der Waals surface area (Å²) in [6.45, 7) is 6.41. The van der Waals surface area contributed by atoms with Gasteiger partial charge in [-0.2, -0.15) is 0 Å². The monoisotopic (exact) mass is 1050 g/mol. The van der Waals surface area contributed by atoms with Crippen LogP contribution >= 0.6 is 0 Å². The van der Waals surface area contributed by atoms with E-state index in [1.165, 1.54) is 116 Å². The van der Waals surface area contributed by atoms with E-state index in [1.54, 1.807) is 0 Å². The molecule has 434 valence electrons. The molecule has 0 aliphatic rings. The number of carbonyl (C=O) groups is 3. The summed E-state index contributed by atoms with van der Waals surface area (Å²) in [6, 6.07) is 0. The van der Waals surface area contributed by atoms with E-state index in [4.69, 9.17) is 14.2 Å². The van der Waals surface area contributed by atoms with Crippen molar-refractivity contribution in [3.05, 3.63) is 109 Å². The molecule has 0 aromatic rings. The van der Waals surface area contributed by atoms with Crippen molar-refractivity contribution in [3.8, 4) is 0 Å². The number of carbonyl (C=O) groups excluding carboxylic acids is 3. The lowest BCUT2D eigenvalue weighted by Crippen LogP contribution is -2.30. The summed E-state index contributed by atoms with van der Waals surface area (Å²) < 4.78 is 16.9. The molecule has 0 heterocycles. The molecule has 0 aliphatic carbocycles. The largest absolute Gasteiger partial charge is 0.462 e. The zero-order valence-electron chi connectivity index (χ0n) is 49.7. The highest BCUT2D eigenvalue weighted by atomic mass is 16.6. The zero-order chi connectivity index (χ0) is 55.0. The van der Waals surface area contributed by atoms with Crippen molar-refractivity contribution in [1.29, 1.82) is 0 Å². The first-order valence-corrected chi connectivity index (χ1v) is 31.9. The van der Waals surface area contributed by atoms with Crippen molar-refractivity contribution < 1.29 is 28.6 Å². The number of esters is 3. The van der Waals surface area contributed by atoms with Crippen LogP contribution in [0.3, 0.4) is 0 Å². The molecule has 0 bridgehead atoms. The maximum Gasteiger partial charge on any atom is 0.306 e. The molecule has 1 atom stereocenters. The smallest absolute Gasteiger partial charge is 0.306 e. The Morgan fingerprint density at radius 1 is 0.276 bits per heavy atom. The topological polar surface area (TPSA) is 78.9 Å². The molecule has 0 aromatic heterocycles. The normalized spacial score (nSPS) is 12.8. The molecule has 6 heteroatoms. The third kappa shape index (κ3) is 60.9. The van der Waals surface area contributed by atoms with E-state index in [-0.39, 0.29) is 31.1 Å². The molecule has 0 rings (SSSR count). The molecular weight excluding hydrogens is 937 g/mol. The second-order valence-corrected chi connectivity index (χ2v) is 20.9. The summed E-state index contributed by atoms with van der Waals surface area (Å²) >= 11 is 0. The average Bonchev–Trinajstić information content (AvgIpc) is 3.42. The predicted molar refractivity (Wildman–Crippen MR) is 330 cm³/mol. The number of hydrogen-bond acceptors (Lipinski definition) is 6. The molecule has 0 saturated heterocycles. The van der Waals surface area contributed by atoms with Crippen LogP contribution in [-0.4, -0.2) is 37.2 Å². The van der Waals surface area contributed by atoms with Gasteiger partial charge in [-0.15, -0.1) is 0 Å². The standard InChI is InChI=1S/C70H118O6/c1-4-7-10-13-16-19-22-25-28-30-31-32-33-34-35-36-37-38-39-40-43-45-48-51-54-57-60-63-69(72)75-66-67(65-74-68(71)62-59-56-53-50-47-44-41-27-24-21-18-15-12-9-6-3)76-70(73)64-61-58-55-52-49-46-42-29-26-23-20-17-14-11-8-5-2/h7,9-10,12,16,18-19,21,25,27-29,31-32,34-35,41-42,67H,4-6,8,11,13-15,17,20,22-24,26,30,33,36-40,43-66H2,1-3H3/b10-7-,12-9-,19-16-,21-18-,28-25-,32-31-,35-34-,41-27-,42-29-. The van der Waals surface area contributed by atoms with Gasteiger partial charge >= 0.3 is 17.9 Å². The molecule has 76 heavy (non-hydrogen) atoms. The molecule has 0 N–H and O–H groups in total. The minimum Gasteiger partial charge on any atom is -0.462 e. The van der Waals surface area contributed by atoms with Gasteiger partial charge in [0.1, 0.15) is 13.2 Å². The SMILES string of the molecule is CC/C=C\C/C=C\C/C=C\C/C=C\C/C=C\CCCCCCCCCCCCCC(=O)OCC(COC(=O)CCCCCCC/C=C\C/C=C\C/C=C\CC)OC(=O)CCCCCCC/C=C\CCCCCCCCC. The first-order chi connectivity index (χ1) is 37.5. The third-order valence-corrected chi connectivity index (χ3v) is 13.5. The summed E-state index contributed by atoms with van der Waals surface area (Å²) in [5, 5.41) is 0. The van der Waals surface area contributed by atoms with Gasteiger partial charge in [0.25, 0.3) is 0 Å². The number of hydrogen-bond donors (Lipinski definition) is 0.